The molecule has 0 spiro atoms. The fourth-order valence-electron chi connectivity index (χ4n) is 1.41. The fraction of sp³-hybridized carbons (Fsp3) is 0.333. The molecule has 0 aliphatic rings. The average Bonchev–Trinajstić information content (AvgIpc) is 2.44. The number of nitrogens with zero attached hydrogens (tertiary/aromatic N) is 2. The fourth-order valence-corrected chi connectivity index (χ4v) is 2.44. The highest BCUT2D eigenvalue weighted by atomic mass is 79.9. The predicted octanol–water partition coefficient (Wildman–Crippen LogP) is 5.38. The third kappa shape index (κ3) is 3.01. The van der Waals surface area contributed by atoms with E-state index in [1.165, 1.54) is 18.7 Å². The molecule has 1 aromatic heterocycles. The Bertz CT molecular complexity index is 623. The van der Waals surface area contributed by atoms with E-state index in [1.807, 2.05) is 13.8 Å². The minimum absolute atomic E-state index is 0.0596. The molecular weight excluding hydrogens is 358 g/mol. The van der Waals surface area contributed by atoms with Gasteiger partial charge in [-0.1, -0.05) is 37.2 Å². The van der Waals surface area contributed by atoms with Crippen LogP contribution in [0.25, 0.3) is 10.9 Å². The van der Waals surface area contributed by atoms with Crippen molar-refractivity contribution in [3.63, 3.8) is 0 Å². The van der Waals surface area contributed by atoms with Gasteiger partial charge in [-0.15, -0.1) is 0 Å². The first kappa shape index (κ1) is 16.6. The van der Waals surface area contributed by atoms with Gasteiger partial charge in [-0.2, -0.15) is 0 Å². The van der Waals surface area contributed by atoms with E-state index < -0.39 is 11.6 Å². The van der Waals surface area contributed by atoms with Crippen molar-refractivity contribution in [3.8, 4) is 0 Å². The first-order valence-corrected chi connectivity index (χ1v) is 7.91. The summed E-state index contributed by atoms with van der Waals surface area (Å²) in [5.41, 5.74) is 0.0433. The van der Waals surface area contributed by atoms with Crippen molar-refractivity contribution in [2.24, 2.45) is 0 Å². The predicted molar refractivity (Wildman–Crippen MR) is 80.0 cm³/mol. The van der Waals surface area contributed by atoms with Crippen molar-refractivity contribution in [2.45, 2.75) is 25.9 Å². The number of hydrogen-bond acceptors (Lipinski definition) is 3. The molecular formula is C12H12BrClF2N2S. The van der Waals surface area contributed by atoms with Crippen LogP contribution in [0.3, 0.4) is 0 Å². The molecule has 0 aliphatic carbocycles. The summed E-state index contributed by atoms with van der Waals surface area (Å²) in [6, 6.07) is 0. The molecule has 0 bridgehead atoms. The molecule has 0 N–H and O–H groups in total. The zero-order valence-electron chi connectivity index (χ0n) is 10.8. The van der Waals surface area contributed by atoms with Crippen molar-refractivity contribution >= 4 is 50.2 Å². The van der Waals surface area contributed by atoms with E-state index in [0.717, 1.165) is 0 Å². The lowest BCUT2D eigenvalue weighted by Crippen LogP contribution is -1.99. The molecule has 0 unspecified atom stereocenters. The van der Waals surface area contributed by atoms with Crippen LogP contribution in [-0.4, -0.2) is 16.2 Å². The molecule has 104 valence electrons. The first-order chi connectivity index (χ1) is 8.97. The molecule has 0 saturated heterocycles. The van der Waals surface area contributed by atoms with Crippen molar-refractivity contribution in [3.05, 3.63) is 26.8 Å². The third-order valence-electron chi connectivity index (χ3n) is 2.31. The Labute approximate surface area is 128 Å². The molecule has 2 nitrogen and oxygen atoms in total. The summed E-state index contributed by atoms with van der Waals surface area (Å²) >= 11 is 10.1. The molecule has 1 aromatic carbocycles. The molecule has 0 fully saturated rings. The van der Waals surface area contributed by atoms with Gasteiger partial charge < -0.3 is 0 Å². The van der Waals surface area contributed by atoms with E-state index in [0.29, 0.717) is 5.16 Å². The van der Waals surface area contributed by atoms with Crippen LogP contribution in [0.1, 0.15) is 19.4 Å². The smallest absolute Gasteiger partial charge is 0.189 e. The number of aromatic nitrogens is 2. The average molecular weight is 370 g/mol. The molecule has 0 atom stereocenters. The second kappa shape index (κ2) is 6.81. The van der Waals surface area contributed by atoms with E-state index in [1.54, 1.807) is 6.26 Å². The van der Waals surface area contributed by atoms with Crippen molar-refractivity contribution < 1.29 is 8.78 Å². The van der Waals surface area contributed by atoms with Gasteiger partial charge in [0.25, 0.3) is 0 Å². The number of thioether (sulfide) groups is 1. The topological polar surface area (TPSA) is 25.8 Å². The van der Waals surface area contributed by atoms with E-state index in [4.69, 9.17) is 11.6 Å². The lowest BCUT2D eigenvalue weighted by Gasteiger charge is -2.09. The highest BCUT2D eigenvalue weighted by molar-refractivity contribution is 9.10. The maximum absolute atomic E-state index is 14.0. The Hall–Kier alpha value is -0.460. The van der Waals surface area contributed by atoms with Crippen LogP contribution in [0.15, 0.2) is 9.63 Å². The second-order valence-corrected chi connectivity index (χ2v) is 5.22. The Morgan fingerprint density at radius 3 is 2.26 bits per heavy atom. The number of benzene rings is 1. The second-order valence-electron chi connectivity index (χ2n) is 3.29. The molecule has 0 saturated carbocycles. The Balaban J connectivity index is 0.000000861. The summed E-state index contributed by atoms with van der Waals surface area (Å²) < 4.78 is 28.0. The Morgan fingerprint density at radius 2 is 1.74 bits per heavy atom. The zero-order chi connectivity index (χ0) is 14.7. The van der Waals surface area contributed by atoms with Crippen LogP contribution >= 0.6 is 39.3 Å². The largest absolute Gasteiger partial charge is 0.219 e. The van der Waals surface area contributed by atoms with Crippen LogP contribution in [0.5, 0.6) is 0 Å². The maximum atomic E-state index is 14.0. The quantitative estimate of drug-likeness (QED) is 0.292. The highest BCUT2D eigenvalue weighted by Crippen LogP contribution is 2.34. The van der Waals surface area contributed by atoms with Gasteiger partial charge in [0, 0.05) is 5.56 Å². The third-order valence-corrected chi connectivity index (χ3v) is 4.07. The molecule has 0 radical (unpaired) electrons. The van der Waals surface area contributed by atoms with Gasteiger partial charge in [0.2, 0.25) is 0 Å². The van der Waals surface area contributed by atoms with Gasteiger partial charge in [0.1, 0.15) is 16.5 Å². The van der Waals surface area contributed by atoms with Crippen LogP contribution < -0.4 is 0 Å². The summed E-state index contributed by atoms with van der Waals surface area (Å²) in [7, 11) is 0. The van der Waals surface area contributed by atoms with Gasteiger partial charge in [0.15, 0.2) is 11.0 Å². The molecule has 2 aromatic rings. The van der Waals surface area contributed by atoms with Gasteiger partial charge >= 0.3 is 0 Å². The molecule has 2 rings (SSSR count). The number of halogens is 4. The SMILES string of the molecule is CC.CSc1nc(Cl)c2c(F)c(C)c(Br)c(F)c2n1. The van der Waals surface area contributed by atoms with Crippen LogP contribution in [-0.2, 0) is 0 Å². The van der Waals surface area contributed by atoms with E-state index in [2.05, 4.69) is 25.9 Å². The zero-order valence-corrected chi connectivity index (χ0v) is 14.0. The molecule has 0 amide bonds. The number of hydrogen-bond donors (Lipinski definition) is 0. The normalized spacial score (nSPS) is 10.3. The first-order valence-electron chi connectivity index (χ1n) is 5.51. The summed E-state index contributed by atoms with van der Waals surface area (Å²) in [4.78, 5) is 7.83. The monoisotopic (exact) mass is 368 g/mol. The number of rotatable bonds is 1. The van der Waals surface area contributed by atoms with Crippen LogP contribution in [0, 0.1) is 18.6 Å². The summed E-state index contributed by atoms with van der Waals surface area (Å²) in [6.07, 6.45) is 1.73. The molecule has 19 heavy (non-hydrogen) atoms. The molecule has 7 heteroatoms. The van der Waals surface area contributed by atoms with Crippen molar-refractivity contribution in [1.29, 1.82) is 0 Å². The standard InChI is InChI=1S/C10H6BrClF2N2S.C2H6/c1-3-5(11)7(14)8-4(6(3)13)9(12)16-10(15-8)17-2;1-2/h1-2H3;1-2H3. The molecule has 1 heterocycles. The summed E-state index contributed by atoms with van der Waals surface area (Å²) in [5, 5.41) is 0.144. The van der Waals surface area contributed by atoms with Crippen molar-refractivity contribution in [1.82, 2.24) is 9.97 Å². The van der Waals surface area contributed by atoms with E-state index in [9.17, 15) is 8.78 Å². The maximum Gasteiger partial charge on any atom is 0.189 e. The van der Waals surface area contributed by atoms with Gasteiger partial charge in [-0.25, -0.2) is 18.7 Å². The minimum Gasteiger partial charge on any atom is -0.219 e. The van der Waals surface area contributed by atoms with E-state index in [-0.39, 0.29) is 26.1 Å². The van der Waals surface area contributed by atoms with Crippen LogP contribution in [0.2, 0.25) is 5.15 Å². The Morgan fingerprint density at radius 1 is 1.16 bits per heavy atom. The van der Waals surface area contributed by atoms with Gasteiger partial charge in [0.05, 0.1) is 9.86 Å². The Kier molecular flexibility index (Phi) is 5.95. The lowest BCUT2D eigenvalue weighted by molar-refractivity contribution is 0.599. The van der Waals surface area contributed by atoms with Gasteiger partial charge in [-0.05, 0) is 29.1 Å². The van der Waals surface area contributed by atoms with E-state index >= 15 is 0 Å². The lowest BCUT2D eigenvalue weighted by atomic mass is 10.1. The van der Waals surface area contributed by atoms with Gasteiger partial charge in [-0.3, -0.25) is 0 Å². The minimum atomic E-state index is -0.626. The summed E-state index contributed by atoms with van der Waals surface area (Å²) in [5.74, 6) is -1.23. The molecule has 0 aliphatic heterocycles. The highest BCUT2D eigenvalue weighted by Gasteiger charge is 2.20. The number of fused-ring (bicyclic) bond motifs is 1. The summed E-state index contributed by atoms with van der Waals surface area (Å²) in [6.45, 7) is 5.46. The van der Waals surface area contributed by atoms with Crippen molar-refractivity contribution in [2.75, 3.05) is 6.26 Å². The van der Waals surface area contributed by atoms with Crippen LogP contribution in [0.4, 0.5) is 8.78 Å².